The third kappa shape index (κ3) is 3.09. The second-order valence-electron chi connectivity index (χ2n) is 6.63. The molecule has 0 bridgehead atoms. The van der Waals surface area contributed by atoms with E-state index in [-0.39, 0.29) is 0 Å². The van der Waals surface area contributed by atoms with Crippen LogP contribution in [-0.4, -0.2) is 9.97 Å². The minimum Gasteiger partial charge on any atom is -0.361 e. The van der Waals surface area contributed by atoms with Gasteiger partial charge in [-0.05, 0) is 48.9 Å². The standard InChI is InChI=1S/C22H24N2/c1(3-9-17-15-23-21-13-7-5-11-19(17)21)2-4-10-18-16-24-22-14-8-6-12-20(18)22/h5-8,11-16,23-24H,1-4,9-10H2. The zero-order valence-corrected chi connectivity index (χ0v) is 14.0. The molecule has 0 radical (unpaired) electrons. The summed E-state index contributed by atoms with van der Waals surface area (Å²) in [6.45, 7) is 0. The number of hydrogen-bond acceptors (Lipinski definition) is 0. The number of aromatic nitrogens is 2. The number of aryl methyl sites for hydroxylation is 2. The maximum atomic E-state index is 3.37. The van der Waals surface area contributed by atoms with Gasteiger partial charge in [-0.25, -0.2) is 0 Å². The van der Waals surface area contributed by atoms with Crippen LogP contribution >= 0.6 is 0 Å². The summed E-state index contributed by atoms with van der Waals surface area (Å²) in [4.78, 5) is 6.74. The normalized spacial score (nSPS) is 11.5. The summed E-state index contributed by atoms with van der Waals surface area (Å²) < 4.78 is 0. The van der Waals surface area contributed by atoms with Gasteiger partial charge < -0.3 is 9.97 Å². The van der Waals surface area contributed by atoms with Crippen molar-refractivity contribution in [3.8, 4) is 0 Å². The van der Waals surface area contributed by atoms with Gasteiger partial charge in [0.2, 0.25) is 0 Å². The van der Waals surface area contributed by atoms with Gasteiger partial charge in [0.15, 0.2) is 0 Å². The van der Waals surface area contributed by atoms with E-state index in [0.717, 1.165) is 0 Å². The van der Waals surface area contributed by atoms with Crippen LogP contribution in [0.15, 0.2) is 60.9 Å². The molecule has 4 aromatic rings. The predicted octanol–water partition coefficient (Wildman–Crippen LogP) is 5.99. The molecule has 0 atom stereocenters. The van der Waals surface area contributed by atoms with Crippen molar-refractivity contribution in [3.05, 3.63) is 72.1 Å². The summed E-state index contributed by atoms with van der Waals surface area (Å²) in [7, 11) is 0. The topological polar surface area (TPSA) is 31.6 Å². The molecule has 0 saturated heterocycles. The lowest BCUT2D eigenvalue weighted by Crippen LogP contribution is -1.87. The van der Waals surface area contributed by atoms with E-state index in [1.807, 2.05) is 0 Å². The summed E-state index contributed by atoms with van der Waals surface area (Å²) in [5, 5.41) is 2.77. The van der Waals surface area contributed by atoms with Crippen LogP contribution in [0, 0.1) is 0 Å². The van der Waals surface area contributed by atoms with Crippen LogP contribution in [0.1, 0.15) is 36.8 Å². The van der Waals surface area contributed by atoms with E-state index >= 15 is 0 Å². The van der Waals surface area contributed by atoms with Gasteiger partial charge in [-0.1, -0.05) is 49.2 Å². The Balaban J connectivity index is 1.24. The smallest absolute Gasteiger partial charge is 0.0456 e. The lowest BCUT2D eigenvalue weighted by molar-refractivity contribution is 0.642. The molecule has 0 amide bonds. The number of unbranched alkanes of at least 4 members (excludes halogenated alkanes) is 3. The van der Waals surface area contributed by atoms with Gasteiger partial charge in [0.25, 0.3) is 0 Å². The quantitative estimate of drug-likeness (QED) is 0.392. The summed E-state index contributed by atoms with van der Waals surface area (Å²) in [6.07, 6.45) is 11.9. The van der Waals surface area contributed by atoms with Gasteiger partial charge >= 0.3 is 0 Å². The first kappa shape index (κ1) is 15.1. The molecule has 0 spiro atoms. The van der Waals surface area contributed by atoms with Crippen molar-refractivity contribution in [1.82, 2.24) is 9.97 Å². The van der Waals surface area contributed by atoms with Crippen LogP contribution in [-0.2, 0) is 12.8 Å². The third-order valence-corrected chi connectivity index (χ3v) is 4.99. The molecule has 0 aliphatic heterocycles. The number of hydrogen-bond donors (Lipinski definition) is 2. The van der Waals surface area contributed by atoms with Crippen molar-refractivity contribution >= 4 is 21.8 Å². The fourth-order valence-corrected chi connectivity index (χ4v) is 3.66. The minimum atomic E-state index is 1.18. The van der Waals surface area contributed by atoms with Gasteiger partial charge in [0.05, 0.1) is 0 Å². The lowest BCUT2D eigenvalue weighted by atomic mass is 10.0. The highest BCUT2D eigenvalue weighted by Gasteiger charge is 2.04. The lowest BCUT2D eigenvalue weighted by Gasteiger charge is -2.02. The fourth-order valence-electron chi connectivity index (χ4n) is 3.66. The molecule has 2 aromatic heterocycles. The number of fused-ring (bicyclic) bond motifs is 2. The molecule has 2 aromatic carbocycles. The Hall–Kier alpha value is -2.48. The van der Waals surface area contributed by atoms with Gasteiger partial charge in [0, 0.05) is 34.2 Å². The summed E-state index contributed by atoms with van der Waals surface area (Å²) in [6, 6.07) is 17.2. The van der Waals surface area contributed by atoms with E-state index in [0.29, 0.717) is 0 Å². The summed E-state index contributed by atoms with van der Waals surface area (Å²) in [5.41, 5.74) is 5.43. The van der Waals surface area contributed by atoms with Crippen LogP contribution in [0.25, 0.3) is 21.8 Å². The molecule has 2 heterocycles. The van der Waals surface area contributed by atoms with Crippen LogP contribution in [0.5, 0.6) is 0 Å². The molecule has 0 fully saturated rings. The van der Waals surface area contributed by atoms with Crippen LogP contribution in [0.3, 0.4) is 0 Å². The number of H-pyrrole nitrogens is 2. The molecule has 0 aliphatic rings. The Morgan fingerprint density at radius 1 is 0.542 bits per heavy atom. The Morgan fingerprint density at radius 3 is 1.50 bits per heavy atom. The molecule has 2 nitrogen and oxygen atoms in total. The second-order valence-corrected chi connectivity index (χ2v) is 6.63. The molecule has 0 saturated carbocycles. The maximum absolute atomic E-state index is 3.37. The highest BCUT2D eigenvalue weighted by atomic mass is 14.7. The zero-order chi connectivity index (χ0) is 16.2. The molecule has 4 rings (SSSR count). The monoisotopic (exact) mass is 316 g/mol. The Morgan fingerprint density at radius 2 is 1.00 bits per heavy atom. The molecule has 0 unspecified atom stereocenters. The first-order chi connectivity index (χ1) is 11.9. The van der Waals surface area contributed by atoms with Gasteiger partial charge in [-0.3, -0.25) is 0 Å². The van der Waals surface area contributed by atoms with Crippen LogP contribution in [0.2, 0.25) is 0 Å². The fraction of sp³-hybridized carbons (Fsp3) is 0.273. The van der Waals surface area contributed by atoms with E-state index in [4.69, 9.17) is 0 Å². The average Bonchev–Trinajstić information content (AvgIpc) is 3.22. The first-order valence-electron chi connectivity index (χ1n) is 9.02. The minimum absolute atomic E-state index is 1.18. The Labute approximate surface area is 142 Å². The number of benzene rings is 2. The predicted molar refractivity (Wildman–Crippen MR) is 102 cm³/mol. The number of para-hydroxylation sites is 2. The largest absolute Gasteiger partial charge is 0.361 e. The van der Waals surface area contributed by atoms with Crippen molar-refractivity contribution in [2.24, 2.45) is 0 Å². The molecule has 24 heavy (non-hydrogen) atoms. The molecular formula is C22H24N2. The molecule has 122 valence electrons. The highest BCUT2D eigenvalue weighted by molar-refractivity contribution is 5.83. The second kappa shape index (κ2) is 6.96. The highest BCUT2D eigenvalue weighted by Crippen LogP contribution is 2.22. The van der Waals surface area contributed by atoms with Crippen molar-refractivity contribution in [2.45, 2.75) is 38.5 Å². The molecular weight excluding hydrogens is 292 g/mol. The SMILES string of the molecule is c1ccc2c(CCCCCCc3c[nH]c4ccccc34)c[nH]c2c1. The molecule has 2 N–H and O–H groups in total. The van der Waals surface area contributed by atoms with E-state index < -0.39 is 0 Å². The van der Waals surface area contributed by atoms with Crippen molar-refractivity contribution < 1.29 is 0 Å². The third-order valence-electron chi connectivity index (χ3n) is 4.99. The number of aromatic amines is 2. The van der Waals surface area contributed by atoms with Gasteiger partial charge in [-0.2, -0.15) is 0 Å². The van der Waals surface area contributed by atoms with Crippen LogP contribution in [0.4, 0.5) is 0 Å². The van der Waals surface area contributed by atoms with E-state index in [1.54, 1.807) is 0 Å². The van der Waals surface area contributed by atoms with Crippen molar-refractivity contribution in [3.63, 3.8) is 0 Å². The Kier molecular flexibility index (Phi) is 4.37. The molecule has 0 aliphatic carbocycles. The zero-order valence-electron chi connectivity index (χ0n) is 14.0. The maximum Gasteiger partial charge on any atom is 0.0456 e. The number of rotatable bonds is 7. The molecule has 2 heteroatoms. The average molecular weight is 316 g/mol. The number of nitrogens with one attached hydrogen (secondary N) is 2. The van der Waals surface area contributed by atoms with E-state index in [1.165, 1.54) is 71.5 Å². The summed E-state index contributed by atoms with van der Waals surface area (Å²) >= 11 is 0. The first-order valence-corrected chi connectivity index (χ1v) is 9.02. The van der Waals surface area contributed by atoms with Crippen molar-refractivity contribution in [1.29, 1.82) is 0 Å². The van der Waals surface area contributed by atoms with Gasteiger partial charge in [-0.15, -0.1) is 0 Å². The van der Waals surface area contributed by atoms with Gasteiger partial charge in [0.1, 0.15) is 0 Å². The van der Waals surface area contributed by atoms with E-state index in [2.05, 4.69) is 70.9 Å². The summed E-state index contributed by atoms with van der Waals surface area (Å²) in [5.74, 6) is 0. The Bertz CT molecular complexity index is 851. The van der Waals surface area contributed by atoms with E-state index in [9.17, 15) is 0 Å². The van der Waals surface area contributed by atoms with Crippen LogP contribution < -0.4 is 0 Å². The van der Waals surface area contributed by atoms with Crippen molar-refractivity contribution in [2.75, 3.05) is 0 Å².